The number of rotatable bonds is 1. The van der Waals surface area contributed by atoms with E-state index in [1.807, 2.05) is 11.8 Å². The van der Waals surface area contributed by atoms with Crippen LogP contribution in [0.4, 0.5) is 14.5 Å². The monoisotopic (exact) mass is 236 g/mol. The van der Waals surface area contributed by atoms with E-state index in [4.69, 9.17) is 5.26 Å². The van der Waals surface area contributed by atoms with Gasteiger partial charge in [-0.2, -0.15) is 5.26 Å². The second-order valence-corrected chi connectivity index (χ2v) is 4.41. The Bertz CT molecular complexity index is 465. The molecule has 0 saturated carbocycles. The van der Waals surface area contributed by atoms with Gasteiger partial charge in [-0.25, -0.2) is 8.78 Å². The van der Waals surface area contributed by atoms with Crippen molar-refractivity contribution >= 4 is 5.69 Å². The Balaban J connectivity index is 2.39. The third kappa shape index (κ3) is 2.10. The molecule has 2 rings (SSSR count). The Morgan fingerprint density at radius 3 is 2.71 bits per heavy atom. The molecule has 0 aliphatic carbocycles. The molecular weight excluding hydrogens is 222 g/mol. The average Bonchev–Trinajstić information content (AvgIpc) is 2.34. The highest BCUT2D eigenvalue weighted by Crippen LogP contribution is 2.29. The first-order valence-corrected chi connectivity index (χ1v) is 5.80. The smallest absolute Gasteiger partial charge is 0.183 e. The average molecular weight is 236 g/mol. The summed E-state index contributed by atoms with van der Waals surface area (Å²) in [6.45, 7) is 2.75. The van der Waals surface area contributed by atoms with Crippen LogP contribution in [0.3, 0.4) is 0 Å². The normalized spacial score (nSPS) is 20.1. The summed E-state index contributed by atoms with van der Waals surface area (Å²) in [7, 11) is 0. The van der Waals surface area contributed by atoms with Crippen LogP contribution in [0.1, 0.15) is 31.7 Å². The molecule has 1 saturated heterocycles. The quantitative estimate of drug-likeness (QED) is 0.748. The number of nitriles is 1. The highest BCUT2D eigenvalue weighted by Gasteiger charge is 2.23. The third-order valence-electron chi connectivity index (χ3n) is 3.29. The third-order valence-corrected chi connectivity index (χ3v) is 3.29. The zero-order valence-corrected chi connectivity index (χ0v) is 9.71. The SMILES string of the molecule is CC1CCCCN1c1ccc(C#N)c(F)c1F. The number of piperidine rings is 1. The number of hydrogen-bond acceptors (Lipinski definition) is 2. The molecule has 0 bridgehead atoms. The molecule has 1 fully saturated rings. The molecule has 0 amide bonds. The van der Waals surface area contributed by atoms with Crippen molar-refractivity contribution in [3.8, 4) is 6.07 Å². The predicted molar refractivity (Wildman–Crippen MR) is 61.7 cm³/mol. The van der Waals surface area contributed by atoms with Crippen LogP contribution < -0.4 is 4.90 Å². The van der Waals surface area contributed by atoms with Crippen LogP contribution in [-0.4, -0.2) is 12.6 Å². The van der Waals surface area contributed by atoms with E-state index in [0.29, 0.717) is 0 Å². The fraction of sp³-hybridized carbons (Fsp3) is 0.462. The maximum atomic E-state index is 13.8. The van der Waals surface area contributed by atoms with Crippen LogP contribution in [0.2, 0.25) is 0 Å². The van der Waals surface area contributed by atoms with Crippen LogP contribution >= 0.6 is 0 Å². The van der Waals surface area contributed by atoms with Crippen molar-refractivity contribution in [2.24, 2.45) is 0 Å². The number of anilines is 1. The van der Waals surface area contributed by atoms with Gasteiger partial charge in [-0.1, -0.05) is 0 Å². The van der Waals surface area contributed by atoms with Crippen molar-refractivity contribution < 1.29 is 8.78 Å². The number of nitrogens with zero attached hydrogens (tertiary/aromatic N) is 2. The van der Waals surface area contributed by atoms with Gasteiger partial charge in [0, 0.05) is 12.6 Å². The second-order valence-electron chi connectivity index (χ2n) is 4.41. The highest BCUT2D eigenvalue weighted by molar-refractivity contribution is 5.53. The van der Waals surface area contributed by atoms with Crippen LogP contribution in [-0.2, 0) is 0 Å². The molecule has 1 heterocycles. The maximum absolute atomic E-state index is 13.8. The minimum Gasteiger partial charge on any atom is -0.366 e. The highest BCUT2D eigenvalue weighted by atomic mass is 19.2. The Morgan fingerprint density at radius 2 is 2.06 bits per heavy atom. The molecule has 17 heavy (non-hydrogen) atoms. The molecule has 1 aromatic carbocycles. The van der Waals surface area contributed by atoms with Gasteiger partial charge in [0.1, 0.15) is 6.07 Å². The molecule has 0 aromatic heterocycles. The van der Waals surface area contributed by atoms with E-state index in [9.17, 15) is 8.78 Å². The van der Waals surface area contributed by atoms with Gasteiger partial charge in [0.2, 0.25) is 0 Å². The standard InChI is InChI=1S/C13H14F2N2/c1-9-4-2-3-7-17(9)11-6-5-10(8-16)12(14)13(11)15/h5-6,9H,2-4,7H2,1H3. The maximum Gasteiger partial charge on any atom is 0.183 e. The van der Waals surface area contributed by atoms with E-state index >= 15 is 0 Å². The van der Waals surface area contributed by atoms with Crippen molar-refractivity contribution in [3.05, 3.63) is 29.3 Å². The summed E-state index contributed by atoms with van der Waals surface area (Å²) < 4.78 is 27.4. The van der Waals surface area contributed by atoms with Crippen LogP contribution in [0.15, 0.2) is 12.1 Å². The fourth-order valence-corrected chi connectivity index (χ4v) is 2.30. The van der Waals surface area contributed by atoms with Gasteiger partial charge in [0.05, 0.1) is 11.3 Å². The zero-order valence-electron chi connectivity index (χ0n) is 9.71. The lowest BCUT2D eigenvalue weighted by Crippen LogP contribution is -2.38. The van der Waals surface area contributed by atoms with Crippen molar-refractivity contribution in [1.29, 1.82) is 5.26 Å². The van der Waals surface area contributed by atoms with Crippen LogP contribution in [0.25, 0.3) is 0 Å². The van der Waals surface area contributed by atoms with E-state index in [1.165, 1.54) is 12.1 Å². The zero-order chi connectivity index (χ0) is 12.4. The molecular formula is C13H14F2N2. The first kappa shape index (κ1) is 11.8. The number of benzene rings is 1. The minimum atomic E-state index is -1.04. The Morgan fingerprint density at radius 1 is 1.29 bits per heavy atom. The summed E-state index contributed by atoms with van der Waals surface area (Å²) in [5.74, 6) is -1.94. The molecule has 4 heteroatoms. The van der Waals surface area contributed by atoms with Crippen molar-refractivity contribution in [2.75, 3.05) is 11.4 Å². The van der Waals surface area contributed by atoms with Gasteiger partial charge < -0.3 is 4.90 Å². The predicted octanol–water partition coefficient (Wildman–Crippen LogP) is 3.22. The summed E-state index contributed by atoms with van der Waals surface area (Å²) in [4.78, 5) is 1.88. The van der Waals surface area contributed by atoms with Gasteiger partial charge in [-0.15, -0.1) is 0 Å². The summed E-state index contributed by atoms with van der Waals surface area (Å²) in [5.41, 5.74) is 0.0320. The first-order valence-electron chi connectivity index (χ1n) is 5.80. The van der Waals surface area contributed by atoms with E-state index < -0.39 is 11.6 Å². The first-order chi connectivity index (χ1) is 8.15. The summed E-state index contributed by atoms with van der Waals surface area (Å²) in [6.07, 6.45) is 3.10. The second kappa shape index (κ2) is 4.70. The van der Waals surface area contributed by atoms with Crippen LogP contribution in [0, 0.1) is 23.0 Å². The molecule has 0 spiro atoms. The van der Waals surface area contributed by atoms with Gasteiger partial charge in [0.15, 0.2) is 11.6 Å². The molecule has 1 aliphatic rings. The molecule has 1 aliphatic heterocycles. The van der Waals surface area contributed by atoms with E-state index in [0.717, 1.165) is 25.8 Å². The van der Waals surface area contributed by atoms with Gasteiger partial charge in [-0.05, 0) is 38.3 Å². The van der Waals surface area contributed by atoms with E-state index in [-0.39, 0.29) is 17.3 Å². The molecule has 1 atom stereocenters. The molecule has 0 N–H and O–H groups in total. The molecule has 1 unspecified atom stereocenters. The Kier molecular flexibility index (Phi) is 3.28. The largest absolute Gasteiger partial charge is 0.366 e. The van der Waals surface area contributed by atoms with Gasteiger partial charge >= 0.3 is 0 Å². The fourth-order valence-electron chi connectivity index (χ4n) is 2.30. The minimum absolute atomic E-state index is 0.214. The summed E-state index contributed by atoms with van der Waals surface area (Å²) in [6, 6.07) is 4.70. The summed E-state index contributed by atoms with van der Waals surface area (Å²) in [5, 5.41) is 8.63. The molecule has 2 nitrogen and oxygen atoms in total. The van der Waals surface area contributed by atoms with Crippen molar-refractivity contribution in [3.63, 3.8) is 0 Å². The molecule has 0 radical (unpaired) electrons. The molecule has 1 aromatic rings. The van der Waals surface area contributed by atoms with Gasteiger partial charge in [0.25, 0.3) is 0 Å². The lowest BCUT2D eigenvalue weighted by Gasteiger charge is -2.35. The number of hydrogen-bond donors (Lipinski definition) is 0. The van der Waals surface area contributed by atoms with E-state index in [1.54, 1.807) is 6.07 Å². The van der Waals surface area contributed by atoms with Crippen molar-refractivity contribution in [2.45, 2.75) is 32.2 Å². The lowest BCUT2D eigenvalue weighted by atomic mass is 10.0. The lowest BCUT2D eigenvalue weighted by molar-refractivity contribution is 0.461. The summed E-state index contributed by atoms with van der Waals surface area (Å²) >= 11 is 0. The van der Waals surface area contributed by atoms with E-state index in [2.05, 4.69) is 0 Å². The van der Waals surface area contributed by atoms with Gasteiger partial charge in [-0.3, -0.25) is 0 Å². The molecule has 90 valence electrons. The Hall–Kier alpha value is -1.63. The Labute approximate surface area is 99.5 Å². The van der Waals surface area contributed by atoms with Crippen LogP contribution in [0.5, 0.6) is 0 Å². The van der Waals surface area contributed by atoms with Crippen molar-refractivity contribution in [1.82, 2.24) is 0 Å². The number of halogens is 2. The topological polar surface area (TPSA) is 27.0 Å².